The van der Waals surface area contributed by atoms with E-state index in [-0.39, 0.29) is 30.4 Å². The van der Waals surface area contributed by atoms with Gasteiger partial charge in [-0.3, -0.25) is 14.5 Å². The van der Waals surface area contributed by atoms with Crippen LogP contribution >= 0.6 is 22.6 Å². The lowest BCUT2D eigenvalue weighted by Crippen LogP contribution is -2.30. The van der Waals surface area contributed by atoms with Gasteiger partial charge in [0.1, 0.15) is 17.3 Å². The summed E-state index contributed by atoms with van der Waals surface area (Å²) in [5.41, 5.74) is 0.961. The van der Waals surface area contributed by atoms with Crippen molar-refractivity contribution in [1.82, 2.24) is 10.2 Å². The van der Waals surface area contributed by atoms with Crippen molar-refractivity contribution in [1.29, 1.82) is 0 Å². The SMILES string of the molecule is COC(=O)c1ccc(CN2C(=O)N/C(=C\c3cc(I)c(OCC(=O)Nc4ccc(F)cc4)c(OC)c3)C2=O)o1. The highest BCUT2D eigenvalue weighted by molar-refractivity contribution is 14.1. The number of anilines is 1. The Morgan fingerprint density at radius 2 is 1.87 bits per heavy atom. The second kappa shape index (κ2) is 12.0. The van der Waals surface area contributed by atoms with Crippen LogP contribution in [-0.2, 0) is 20.9 Å². The number of halogens is 2. The lowest BCUT2D eigenvalue weighted by Gasteiger charge is -2.14. The lowest BCUT2D eigenvalue weighted by molar-refractivity contribution is -0.123. The molecule has 1 aliphatic rings. The van der Waals surface area contributed by atoms with Crippen LogP contribution in [0.2, 0.25) is 0 Å². The molecule has 4 amide bonds. The smallest absolute Gasteiger partial charge is 0.373 e. The van der Waals surface area contributed by atoms with Gasteiger partial charge in [-0.1, -0.05) is 0 Å². The van der Waals surface area contributed by atoms with Crippen LogP contribution in [-0.4, -0.2) is 49.5 Å². The molecule has 0 saturated carbocycles. The van der Waals surface area contributed by atoms with Gasteiger partial charge in [0.2, 0.25) is 5.76 Å². The Labute approximate surface area is 235 Å². The molecule has 0 atom stereocenters. The van der Waals surface area contributed by atoms with Gasteiger partial charge in [-0.2, -0.15) is 0 Å². The molecule has 2 N–H and O–H groups in total. The number of hydrogen-bond donors (Lipinski definition) is 2. The summed E-state index contributed by atoms with van der Waals surface area (Å²) < 4.78 is 34.6. The van der Waals surface area contributed by atoms with Crippen LogP contribution in [0.15, 0.2) is 58.6 Å². The van der Waals surface area contributed by atoms with E-state index in [2.05, 4.69) is 15.4 Å². The fraction of sp³-hybridized carbons (Fsp3) is 0.154. The van der Waals surface area contributed by atoms with Gasteiger partial charge in [0.15, 0.2) is 18.1 Å². The number of urea groups is 1. The molecule has 202 valence electrons. The predicted octanol–water partition coefficient (Wildman–Crippen LogP) is 3.93. The Bertz CT molecular complexity index is 1470. The minimum absolute atomic E-state index is 0.0185. The first-order valence-electron chi connectivity index (χ1n) is 11.3. The molecular formula is C26H21FIN3O8. The van der Waals surface area contributed by atoms with Crippen LogP contribution in [0.25, 0.3) is 6.08 Å². The van der Waals surface area contributed by atoms with Crippen molar-refractivity contribution in [3.8, 4) is 11.5 Å². The molecule has 1 saturated heterocycles. The van der Waals surface area contributed by atoms with Gasteiger partial charge in [0.25, 0.3) is 11.8 Å². The maximum atomic E-state index is 13.1. The molecule has 4 rings (SSSR count). The number of ether oxygens (including phenoxy) is 3. The van der Waals surface area contributed by atoms with Crippen molar-refractivity contribution in [3.05, 3.63) is 80.7 Å². The quantitative estimate of drug-likeness (QED) is 0.154. The maximum absolute atomic E-state index is 13.1. The molecule has 39 heavy (non-hydrogen) atoms. The normalized spacial score (nSPS) is 13.8. The zero-order chi connectivity index (χ0) is 28.1. The number of methoxy groups -OCH3 is 2. The first kappa shape index (κ1) is 27.6. The predicted molar refractivity (Wildman–Crippen MR) is 143 cm³/mol. The van der Waals surface area contributed by atoms with Crippen molar-refractivity contribution in [3.63, 3.8) is 0 Å². The van der Waals surface area contributed by atoms with E-state index in [9.17, 15) is 23.6 Å². The number of carbonyl (C=O) groups is 4. The fourth-order valence-electron chi connectivity index (χ4n) is 3.54. The average molecular weight is 649 g/mol. The third-order valence-electron chi connectivity index (χ3n) is 5.36. The zero-order valence-electron chi connectivity index (χ0n) is 20.6. The summed E-state index contributed by atoms with van der Waals surface area (Å²) in [6.45, 7) is -0.523. The van der Waals surface area contributed by atoms with Gasteiger partial charge < -0.3 is 29.3 Å². The van der Waals surface area contributed by atoms with Crippen molar-refractivity contribution >= 4 is 58.2 Å². The molecule has 0 bridgehead atoms. The topological polar surface area (TPSA) is 136 Å². The number of hydrogen-bond acceptors (Lipinski definition) is 8. The van der Waals surface area contributed by atoms with E-state index in [4.69, 9.17) is 13.9 Å². The van der Waals surface area contributed by atoms with Crippen LogP contribution in [0.3, 0.4) is 0 Å². The van der Waals surface area contributed by atoms with E-state index < -0.39 is 29.6 Å². The number of amides is 4. The van der Waals surface area contributed by atoms with Gasteiger partial charge in [-0.05, 0) is 82.8 Å². The fourth-order valence-corrected chi connectivity index (χ4v) is 4.32. The summed E-state index contributed by atoms with van der Waals surface area (Å²) >= 11 is 1.99. The molecule has 11 nitrogen and oxygen atoms in total. The van der Waals surface area contributed by atoms with Crippen LogP contribution < -0.4 is 20.1 Å². The van der Waals surface area contributed by atoms with E-state index in [0.29, 0.717) is 26.3 Å². The number of esters is 1. The highest BCUT2D eigenvalue weighted by atomic mass is 127. The Hall–Kier alpha value is -4.40. The lowest BCUT2D eigenvalue weighted by atomic mass is 10.1. The molecule has 3 aromatic rings. The van der Waals surface area contributed by atoms with E-state index in [0.717, 1.165) is 4.90 Å². The van der Waals surface area contributed by atoms with E-state index >= 15 is 0 Å². The van der Waals surface area contributed by atoms with Crippen molar-refractivity contribution in [2.24, 2.45) is 0 Å². The Morgan fingerprint density at radius 1 is 1.13 bits per heavy atom. The first-order chi connectivity index (χ1) is 18.7. The number of imide groups is 1. The highest BCUT2D eigenvalue weighted by Gasteiger charge is 2.34. The molecule has 1 fully saturated rings. The van der Waals surface area contributed by atoms with Gasteiger partial charge in [-0.15, -0.1) is 0 Å². The number of carbonyl (C=O) groups excluding carboxylic acids is 4. The van der Waals surface area contributed by atoms with E-state index in [1.807, 2.05) is 22.6 Å². The Kier molecular flexibility index (Phi) is 8.49. The number of furan rings is 1. The maximum Gasteiger partial charge on any atom is 0.373 e. The Balaban J connectivity index is 1.45. The molecule has 2 aromatic carbocycles. The largest absolute Gasteiger partial charge is 0.493 e. The second-order valence-corrected chi connectivity index (χ2v) is 9.18. The second-order valence-electron chi connectivity index (χ2n) is 8.01. The molecule has 2 heterocycles. The summed E-state index contributed by atoms with van der Waals surface area (Å²) in [6.07, 6.45) is 1.47. The van der Waals surface area contributed by atoms with Crippen LogP contribution in [0.1, 0.15) is 21.9 Å². The molecule has 13 heteroatoms. The molecule has 0 unspecified atom stereocenters. The number of rotatable bonds is 9. The summed E-state index contributed by atoms with van der Waals surface area (Å²) in [6, 6.07) is 10.8. The molecular weight excluding hydrogens is 628 g/mol. The Morgan fingerprint density at radius 3 is 2.56 bits per heavy atom. The monoisotopic (exact) mass is 649 g/mol. The summed E-state index contributed by atoms with van der Waals surface area (Å²) in [4.78, 5) is 50.1. The molecule has 1 aromatic heterocycles. The standard InChI is InChI=1S/C26H21FIN3O8/c1-36-21-11-14(9-18(28)23(21)38-13-22(32)29-16-5-3-15(27)4-6-16)10-19-24(33)31(26(35)30-19)12-17-7-8-20(39-17)25(34)37-2/h3-11H,12-13H2,1-2H3,(H,29,32)(H,30,35)/b19-10-. The molecule has 0 aliphatic carbocycles. The zero-order valence-corrected chi connectivity index (χ0v) is 22.7. The third kappa shape index (κ3) is 6.54. The minimum Gasteiger partial charge on any atom is -0.493 e. The molecule has 0 spiro atoms. The minimum atomic E-state index is -0.677. The average Bonchev–Trinajstić information content (AvgIpc) is 3.49. The molecule has 0 radical (unpaired) electrons. The third-order valence-corrected chi connectivity index (χ3v) is 6.16. The van der Waals surface area contributed by atoms with Gasteiger partial charge in [0, 0.05) is 5.69 Å². The van der Waals surface area contributed by atoms with Crippen molar-refractivity contribution in [2.45, 2.75) is 6.54 Å². The van der Waals surface area contributed by atoms with Gasteiger partial charge in [0.05, 0.1) is 24.3 Å². The molecule has 1 aliphatic heterocycles. The number of benzene rings is 2. The van der Waals surface area contributed by atoms with E-state index in [1.54, 1.807) is 12.1 Å². The summed E-state index contributed by atoms with van der Waals surface area (Å²) in [7, 11) is 2.63. The first-order valence-corrected chi connectivity index (χ1v) is 12.3. The highest BCUT2D eigenvalue weighted by Crippen LogP contribution is 2.35. The van der Waals surface area contributed by atoms with Gasteiger partial charge in [-0.25, -0.2) is 14.0 Å². The van der Waals surface area contributed by atoms with E-state index in [1.165, 1.54) is 56.7 Å². The summed E-state index contributed by atoms with van der Waals surface area (Å²) in [5, 5.41) is 5.12. The van der Waals surface area contributed by atoms with Crippen molar-refractivity contribution in [2.75, 3.05) is 26.1 Å². The van der Waals surface area contributed by atoms with Crippen LogP contribution in [0.5, 0.6) is 11.5 Å². The number of nitrogens with zero attached hydrogens (tertiary/aromatic N) is 1. The summed E-state index contributed by atoms with van der Waals surface area (Å²) in [5.74, 6) is -1.38. The number of nitrogens with one attached hydrogen (secondary N) is 2. The van der Waals surface area contributed by atoms with Crippen LogP contribution in [0, 0.1) is 9.39 Å². The van der Waals surface area contributed by atoms with Crippen LogP contribution in [0.4, 0.5) is 14.9 Å². The van der Waals surface area contributed by atoms with Crippen molar-refractivity contribution < 1.29 is 42.2 Å². The van der Waals surface area contributed by atoms with Gasteiger partial charge >= 0.3 is 12.0 Å².